The van der Waals surface area contributed by atoms with Crippen LogP contribution in [0, 0.1) is 0 Å². The molecule has 0 bridgehead atoms. The van der Waals surface area contributed by atoms with Gasteiger partial charge in [0.15, 0.2) is 5.96 Å². The molecular weight excluding hydrogens is 274 g/mol. The van der Waals surface area contributed by atoms with Crippen molar-refractivity contribution >= 4 is 17.8 Å². The first-order chi connectivity index (χ1) is 10.0. The fourth-order valence-corrected chi connectivity index (χ4v) is 1.56. The lowest BCUT2D eigenvalue weighted by atomic mass is 10.1. The Balaban J connectivity index is 0. The summed E-state index contributed by atoms with van der Waals surface area (Å²) < 4.78 is 0. The van der Waals surface area contributed by atoms with Crippen LogP contribution in [0.3, 0.4) is 0 Å². The van der Waals surface area contributed by atoms with Crippen LogP contribution in [0.15, 0.2) is 4.99 Å². The van der Waals surface area contributed by atoms with Gasteiger partial charge in [-0.25, -0.2) is 4.79 Å². The predicted molar refractivity (Wildman–Crippen MR) is 84.0 cm³/mol. The van der Waals surface area contributed by atoms with Crippen LogP contribution in [-0.2, 0) is 9.59 Å². The van der Waals surface area contributed by atoms with E-state index in [2.05, 4.69) is 15.6 Å². The number of hydrogen-bond donors (Lipinski definition) is 5. The summed E-state index contributed by atoms with van der Waals surface area (Å²) in [6, 6.07) is -1.23. The molecule has 1 aliphatic rings. The van der Waals surface area contributed by atoms with Gasteiger partial charge < -0.3 is 27.2 Å². The van der Waals surface area contributed by atoms with E-state index in [1.165, 1.54) is 0 Å². The molecule has 1 fully saturated rings. The van der Waals surface area contributed by atoms with Gasteiger partial charge in [-0.1, -0.05) is 27.7 Å². The van der Waals surface area contributed by atoms with E-state index >= 15 is 0 Å². The third kappa shape index (κ3) is 9.67. The summed E-state index contributed by atoms with van der Waals surface area (Å²) in [6.45, 7) is 8.68. The number of nitrogens with zero attached hydrogens (tertiary/aromatic N) is 1. The van der Waals surface area contributed by atoms with Gasteiger partial charge in [0.2, 0.25) is 5.91 Å². The van der Waals surface area contributed by atoms with E-state index < -0.39 is 12.0 Å². The van der Waals surface area contributed by atoms with Crippen LogP contribution in [0.5, 0.6) is 0 Å². The number of carboxylic acid groups (broad SMARTS) is 1. The van der Waals surface area contributed by atoms with Gasteiger partial charge in [-0.15, -0.1) is 0 Å². The van der Waals surface area contributed by atoms with Gasteiger partial charge in [0.25, 0.3) is 0 Å². The van der Waals surface area contributed by atoms with Crippen molar-refractivity contribution in [3.63, 3.8) is 0 Å². The standard InChI is InChI=1S/C9H17N5O3.2C2H6/c10-9(11)12-3-1-2-5-7(15)14-6(4-13-5)8(16)17;2*1-2/h5-6,13H,1-4H2,(H,14,15)(H,16,17)(H4,10,11,12);2*1-2H3. The molecule has 8 heteroatoms. The second-order valence-corrected chi connectivity index (χ2v) is 3.81. The number of amides is 1. The number of carbonyl (C=O) groups excluding carboxylic acids is 1. The Bertz CT molecular complexity index is 330. The molecular formula is C13H29N5O3. The van der Waals surface area contributed by atoms with Crippen LogP contribution in [0.2, 0.25) is 0 Å². The van der Waals surface area contributed by atoms with Gasteiger partial charge in [-0.3, -0.25) is 9.79 Å². The highest BCUT2D eigenvalue weighted by molar-refractivity contribution is 5.88. The molecule has 124 valence electrons. The summed E-state index contributed by atoms with van der Waals surface area (Å²) in [7, 11) is 0. The Labute approximate surface area is 126 Å². The molecule has 1 saturated heterocycles. The monoisotopic (exact) mass is 303 g/mol. The Morgan fingerprint density at radius 1 is 1.33 bits per heavy atom. The normalized spacial score (nSPS) is 19.9. The number of carboxylic acids is 1. The zero-order valence-electron chi connectivity index (χ0n) is 13.3. The zero-order valence-corrected chi connectivity index (χ0v) is 13.3. The van der Waals surface area contributed by atoms with Gasteiger partial charge in [0.1, 0.15) is 6.04 Å². The largest absolute Gasteiger partial charge is 0.480 e. The highest BCUT2D eigenvalue weighted by Crippen LogP contribution is 2.03. The number of nitrogens with two attached hydrogens (primary N) is 2. The maximum atomic E-state index is 11.5. The third-order valence-corrected chi connectivity index (χ3v) is 2.44. The summed E-state index contributed by atoms with van der Waals surface area (Å²) in [5.41, 5.74) is 10.3. The summed E-state index contributed by atoms with van der Waals surface area (Å²) in [5.74, 6) is -1.31. The molecule has 7 N–H and O–H groups in total. The van der Waals surface area contributed by atoms with Gasteiger partial charge in [-0.05, 0) is 12.8 Å². The molecule has 8 nitrogen and oxygen atoms in total. The first kappa shape index (κ1) is 21.5. The lowest BCUT2D eigenvalue weighted by Crippen LogP contribution is -2.60. The van der Waals surface area contributed by atoms with Crippen LogP contribution < -0.4 is 22.1 Å². The number of rotatable bonds is 5. The number of guanidine groups is 1. The molecule has 2 atom stereocenters. The van der Waals surface area contributed by atoms with Crippen molar-refractivity contribution in [3.8, 4) is 0 Å². The third-order valence-electron chi connectivity index (χ3n) is 2.44. The number of carbonyl (C=O) groups is 2. The molecule has 2 unspecified atom stereocenters. The molecule has 1 amide bonds. The average Bonchev–Trinajstić information content (AvgIpc) is 2.48. The molecule has 1 heterocycles. The molecule has 0 aliphatic carbocycles. The fraction of sp³-hybridized carbons (Fsp3) is 0.769. The van der Waals surface area contributed by atoms with E-state index in [0.717, 1.165) is 0 Å². The summed E-state index contributed by atoms with van der Waals surface area (Å²) in [5, 5.41) is 14.0. The van der Waals surface area contributed by atoms with E-state index in [-0.39, 0.29) is 24.5 Å². The highest BCUT2D eigenvalue weighted by atomic mass is 16.4. The second kappa shape index (κ2) is 13.2. The van der Waals surface area contributed by atoms with E-state index in [0.29, 0.717) is 19.4 Å². The molecule has 0 aromatic heterocycles. The minimum absolute atomic E-state index is 0.0250. The van der Waals surface area contributed by atoms with Crippen molar-refractivity contribution in [1.29, 1.82) is 0 Å². The maximum absolute atomic E-state index is 11.5. The van der Waals surface area contributed by atoms with Crippen molar-refractivity contribution in [2.24, 2.45) is 16.5 Å². The number of nitrogens with one attached hydrogen (secondary N) is 2. The van der Waals surface area contributed by atoms with Gasteiger partial charge in [0.05, 0.1) is 6.04 Å². The van der Waals surface area contributed by atoms with Crippen molar-refractivity contribution in [1.82, 2.24) is 10.6 Å². The number of aliphatic imine (C=N–C) groups is 1. The first-order valence-electron chi connectivity index (χ1n) is 7.32. The smallest absolute Gasteiger partial charge is 0.327 e. The first-order valence-corrected chi connectivity index (χ1v) is 7.32. The number of hydrogen-bond acceptors (Lipinski definition) is 4. The SMILES string of the molecule is CC.CC.NC(N)=NCCCC1NCC(C(=O)O)NC1=O. The molecule has 1 aliphatic heterocycles. The van der Waals surface area contributed by atoms with E-state index in [9.17, 15) is 9.59 Å². The zero-order chi connectivity index (χ0) is 16.8. The molecule has 0 aromatic rings. The minimum atomic E-state index is -1.04. The summed E-state index contributed by atoms with van der Waals surface area (Å²) in [6.07, 6.45) is 1.22. The van der Waals surface area contributed by atoms with Crippen molar-refractivity contribution in [3.05, 3.63) is 0 Å². The number of piperazine rings is 1. The average molecular weight is 303 g/mol. The second-order valence-electron chi connectivity index (χ2n) is 3.81. The predicted octanol–water partition coefficient (Wildman–Crippen LogP) is -0.366. The molecule has 1 rings (SSSR count). The Hall–Kier alpha value is -1.83. The molecule has 21 heavy (non-hydrogen) atoms. The Morgan fingerprint density at radius 3 is 2.33 bits per heavy atom. The van der Waals surface area contributed by atoms with Gasteiger partial charge in [0, 0.05) is 13.1 Å². The lowest BCUT2D eigenvalue weighted by Gasteiger charge is -2.27. The lowest BCUT2D eigenvalue weighted by molar-refractivity contribution is -0.143. The maximum Gasteiger partial charge on any atom is 0.327 e. The van der Waals surface area contributed by atoms with Crippen molar-refractivity contribution < 1.29 is 14.7 Å². The summed E-state index contributed by atoms with van der Waals surface area (Å²) >= 11 is 0. The minimum Gasteiger partial charge on any atom is -0.480 e. The number of aliphatic carboxylic acids is 1. The summed E-state index contributed by atoms with van der Waals surface area (Å²) in [4.78, 5) is 26.0. The van der Waals surface area contributed by atoms with Crippen LogP contribution in [-0.4, -0.2) is 48.1 Å². The van der Waals surface area contributed by atoms with Gasteiger partial charge >= 0.3 is 5.97 Å². The van der Waals surface area contributed by atoms with Crippen LogP contribution >= 0.6 is 0 Å². The van der Waals surface area contributed by atoms with E-state index in [4.69, 9.17) is 16.6 Å². The Morgan fingerprint density at radius 2 is 1.90 bits per heavy atom. The fourth-order valence-electron chi connectivity index (χ4n) is 1.56. The Kier molecular flexibility index (Phi) is 13.5. The van der Waals surface area contributed by atoms with Crippen molar-refractivity contribution in [2.75, 3.05) is 13.1 Å². The molecule has 0 aromatic carbocycles. The highest BCUT2D eigenvalue weighted by Gasteiger charge is 2.30. The molecule has 0 spiro atoms. The van der Waals surface area contributed by atoms with Crippen LogP contribution in [0.4, 0.5) is 0 Å². The molecule has 0 radical (unpaired) electrons. The van der Waals surface area contributed by atoms with E-state index in [1.807, 2.05) is 27.7 Å². The van der Waals surface area contributed by atoms with Gasteiger partial charge in [-0.2, -0.15) is 0 Å². The molecule has 0 saturated carbocycles. The van der Waals surface area contributed by atoms with Crippen molar-refractivity contribution in [2.45, 2.75) is 52.6 Å². The topological polar surface area (TPSA) is 143 Å². The van der Waals surface area contributed by atoms with E-state index in [1.54, 1.807) is 0 Å². The quantitative estimate of drug-likeness (QED) is 0.266. The van der Waals surface area contributed by atoms with Crippen LogP contribution in [0.25, 0.3) is 0 Å². The van der Waals surface area contributed by atoms with Crippen LogP contribution in [0.1, 0.15) is 40.5 Å².